The van der Waals surface area contributed by atoms with Gasteiger partial charge in [-0.3, -0.25) is 14.3 Å². The van der Waals surface area contributed by atoms with Crippen LogP contribution in [0.15, 0.2) is 29.3 Å². The molecule has 0 unspecified atom stereocenters. The summed E-state index contributed by atoms with van der Waals surface area (Å²) >= 11 is 6.06. The molecule has 3 aromatic rings. The summed E-state index contributed by atoms with van der Waals surface area (Å²) in [6, 6.07) is 5.98. The third-order valence-corrected chi connectivity index (χ3v) is 5.08. The molecule has 5 nitrogen and oxygen atoms in total. The fraction of sp³-hybridized carbons (Fsp3) is 0.412. The average molecular weight is 331 g/mol. The number of H-pyrrole nitrogens is 1. The van der Waals surface area contributed by atoms with Crippen LogP contribution in [0.5, 0.6) is 0 Å². The van der Waals surface area contributed by atoms with E-state index >= 15 is 0 Å². The van der Waals surface area contributed by atoms with Crippen LogP contribution >= 0.6 is 11.6 Å². The minimum Gasteiger partial charge on any atom is -0.349 e. The summed E-state index contributed by atoms with van der Waals surface area (Å²) in [5.74, 6) is 0. The standard InChI is InChI=1S/C17H19ClN4O/c1-2-21-7-3-4-12(21)9-22-10-19-15-13-8-11(18)5-6-14(13)20-16(15)17(22)23/h5-6,8,10,12,20H,2-4,7,9H2,1H3/t12-/m0/s1. The number of benzene rings is 1. The molecule has 2 aromatic heterocycles. The Bertz CT molecular complexity index is 929. The quantitative estimate of drug-likeness (QED) is 0.803. The number of aromatic amines is 1. The maximum atomic E-state index is 12.8. The van der Waals surface area contributed by atoms with Crippen LogP contribution < -0.4 is 5.56 Å². The van der Waals surface area contributed by atoms with Crippen molar-refractivity contribution in [3.8, 4) is 0 Å². The van der Waals surface area contributed by atoms with Crippen molar-refractivity contribution < 1.29 is 0 Å². The van der Waals surface area contributed by atoms with Gasteiger partial charge in [0.1, 0.15) is 11.0 Å². The molecular formula is C17H19ClN4O. The van der Waals surface area contributed by atoms with Gasteiger partial charge in [0.05, 0.1) is 6.33 Å². The molecule has 0 saturated carbocycles. The molecule has 1 aliphatic rings. The van der Waals surface area contributed by atoms with Crippen molar-refractivity contribution in [3.63, 3.8) is 0 Å². The van der Waals surface area contributed by atoms with E-state index in [0.717, 1.165) is 30.4 Å². The average Bonchev–Trinajstić information content (AvgIpc) is 3.14. The smallest absolute Gasteiger partial charge is 0.277 e. The summed E-state index contributed by atoms with van der Waals surface area (Å²) in [6.07, 6.45) is 4.01. The van der Waals surface area contributed by atoms with E-state index in [1.807, 2.05) is 18.2 Å². The Labute approximate surface area is 138 Å². The van der Waals surface area contributed by atoms with Gasteiger partial charge in [-0.1, -0.05) is 18.5 Å². The number of likely N-dealkylation sites (tertiary alicyclic amines) is 1. The monoisotopic (exact) mass is 330 g/mol. The van der Waals surface area contributed by atoms with Crippen molar-refractivity contribution in [2.75, 3.05) is 13.1 Å². The van der Waals surface area contributed by atoms with Gasteiger partial charge >= 0.3 is 0 Å². The second-order valence-electron chi connectivity index (χ2n) is 6.17. The molecule has 120 valence electrons. The molecule has 6 heteroatoms. The highest BCUT2D eigenvalue weighted by atomic mass is 35.5. The molecular weight excluding hydrogens is 312 g/mol. The molecule has 1 N–H and O–H groups in total. The van der Waals surface area contributed by atoms with Crippen LogP contribution in [0.25, 0.3) is 21.9 Å². The summed E-state index contributed by atoms with van der Waals surface area (Å²) in [7, 11) is 0. The summed E-state index contributed by atoms with van der Waals surface area (Å²) in [5, 5.41) is 1.54. The molecule has 4 rings (SSSR count). The zero-order valence-electron chi connectivity index (χ0n) is 13.1. The normalized spacial score (nSPS) is 19.1. The molecule has 3 heterocycles. The molecule has 1 saturated heterocycles. The van der Waals surface area contributed by atoms with E-state index in [-0.39, 0.29) is 5.56 Å². The highest BCUT2D eigenvalue weighted by Crippen LogP contribution is 2.25. The van der Waals surface area contributed by atoms with Crippen molar-refractivity contribution in [1.82, 2.24) is 19.4 Å². The number of halogens is 1. The van der Waals surface area contributed by atoms with Gasteiger partial charge in [0.25, 0.3) is 5.56 Å². The Morgan fingerprint density at radius 1 is 1.43 bits per heavy atom. The SMILES string of the molecule is CCN1CCC[C@H]1Cn1cnc2c([nH]c3ccc(Cl)cc32)c1=O. The summed E-state index contributed by atoms with van der Waals surface area (Å²) < 4.78 is 1.73. The zero-order valence-corrected chi connectivity index (χ0v) is 13.8. The van der Waals surface area contributed by atoms with Crippen molar-refractivity contribution >= 4 is 33.5 Å². The van der Waals surface area contributed by atoms with E-state index in [9.17, 15) is 4.79 Å². The lowest BCUT2D eigenvalue weighted by atomic mass is 10.2. The zero-order chi connectivity index (χ0) is 16.0. The first kappa shape index (κ1) is 14.7. The Kier molecular flexibility index (Phi) is 3.62. The van der Waals surface area contributed by atoms with Crippen LogP contribution in [0.1, 0.15) is 19.8 Å². The first-order valence-electron chi connectivity index (χ1n) is 8.08. The maximum Gasteiger partial charge on any atom is 0.277 e. The van der Waals surface area contributed by atoms with Gasteiger partial charge in [-0.15, -0.1) is 0 Å². The molecule has 0 spiro atoms. The van der Waals surface area contributed by atoms with Gasteiger partial charge in [0.2, 0.25) is 0 Å². The first-order valence-corrected chi connectivity index (χ1v) is 8.45. The van der Waals surface area contributed by atoms with E-state index in [1.165, 1.54) is 6.42 Å². The largest absolute Gasteiger partial charge is 0.349 e. The second kappa shape index (κ2) is 5.65. The Balaban J connectivity index is 1.79. The van der Waals surface area contributed by atoms with Crippen LogP contribution in [-0.2, 0) is 6.54 Å². The van der Waals surface area contributed by atoms with E-state index in [1.54, 1.807) is 10.9 Å². The lowest BCUT2D eigenvalue weighted by molar-refractivity contribution is 0.242. The lowest BCUT2D eigenvalue weighted by Gasteiger charge is -2.23. The molecule has 0 bridgehead atoms. The molecule has 1 atom stereocenters. The highest BCUT2D eigenvalue weighted by Gasteiger charge is 2.24. The molecule has 1 aromatic carbocycles. The number of hydrogen-bond acceptors (Lipinski definition) is 3. The Morgan fingerprint density at radius 2 is 2.30 bits per heavy atom. The van der Waals surface area contributed by atoms with Gasteiger partial charge in [-0.25, -0.2) is 4.98 Å². The summed E-state index contributed by atoms with van der Waals surface area (Å²) in [4.78, 5) is 23.0. The van der Waals surface area contributed by atoms with Gasteiger partial charge in [0.15, 0.2) is 0 Å². The molecule has 1 aliphatic heterocycles. The maximum absolute atomic E-state index is 12.8. The van der Waals surface area contributed by atoms with Gasteiger partial charge < -0.3 is 4.98 Å². The molecule has 0 aliphatic carbocycles. The molecule has 23 heavy (non-hydrogen) atoms. The second-order valence-corrected chi connectivity index (χ2v) is 6.60. The minimum atomic E-state index is -0.00900. The van der Waals surface area contributed by atoms with E-state index in [2.05, 4.69) is 21.8 Å². The molecule has 0 radical (unpaired) electrons. The number of aromatic nitrogens is 3. The van der Waals surface area contributed by atoms with Gasteiger partial charge in [0, 0.05) is 28.5 Å². The predicted octanol–water partition coefficient (Wildman–Crippen LogP) is 3.02. The number of fused-ring (bicyclic) bond motifs is 3. The minimum absolute atomic E-state index is 0.00900. The Hall–Kier alpha value is -1.85. The van der Waals surface area contributed by atoms with Crippen LogP contribution in [0.2, 0.25) is 5.02 Å². The van der Waals surface area contributed by atoms with Crippen LogP contribution in [0.4, 0.5) is 0 Å². The third kappa shape index (κ3) is 2.44. The Morgan fingerprint density at radius 3 is 3.13 bits per heavy atom. The van der Waals surface area contributed by atoms with Gasteiger partial charge in [-0.2, -0.15) is 0 Å². The number of rotatable bonds is 3. The molecule has 0 amide bonds. The van der Waals surface area contributed by atoms with Crippen LogP contribution in [0.3, 0.4) is 0 Å². The molecule has 1 fully saturated rings. The van der Waals surface area contributed by atoms with Crippen molar-refractivity contribution in [2.45, 2.75) is 32.4 Å². The lowest BCUT2D eigenvalue weighted by Crippen LogP contribution is -2.36. The third-order valence-electron chi connectivity index (χ3n) is 4.85. The summed E-state index contributed by atoms with van der Waals surface area (Å²) in [6.45, 7) is 5.02. The highest BCUT2D eigenvalue weighted by molar-refractivity contribution is 6.31. The number of nitrogens with one attached hydrogen (secondary N) is 1. The van der Waals surface area contributed by atoms with Crippen LogP contribution in [-0.4, -0.2) is 38.6 Å². The van der Waals surface area contributed by atoms with Gasteiger partial charge in [-0.05, 0) is 44.1 Å². The van der Waals surface area contributed by atoms with E-state index in [4.69, 9.17) is 11.6 Å². The topological polar surface area (TPSA) is 53.9 Å². The van der Waals surface area contributed by atoms with E-state index in [0.29, 0.717) is 28.6 Å². The fourth-order valence-corrected chi connectivity index (χ4v) is 3.81. The van der Waals surface area contributed by atoms with Crippen molar-refractivity contribution in [2.24, 2.45) is 0 Å². The fourth-order valence-electron chi connectivity index (χ4n) is 3.64. The number of likely N-dealkylation sites (N-methyl/N-ethyl adjacent to an activating group) is 1. The van der Waals surface area contributed by atoms with E-state index < -0.39 is 0 Å². The number of nitrogens with zero attached hydrogens (tertiary/aromatic N) is 3. The summed E-state index contributed by atoms with van der Waals surface area (Å²) in [5.41, 5.74) is 2.14. The predicted molar refractivity (Wildman–Crippen MR) is 93.1 cm³/mol. The van der Waals surface area contributed by atoms with Crippen molar-refractivity contribution in [1.29, 1.82) is 0 Å². The first-order chi connectivity index (χ1) is 11.2. The van der Waals surface area contributed by atoms with Crippen LogP contribution in [0, 0.1) is 0 Å². The number of hydrogen-bond donors (Lipinski definition) is 1. The van der Waals surface area contributed by atoms with Crippen molar-refractivity contribution in [3.05, 3.63) is 39.9 Å².